The molecule has 0 radical (unpaired) electrons. The van der Waals surface area contributed by atoms with E-state index in [2.05, 4.69) is 0 Å². The minimum atomic E-state index is -0.970. The monoisotopic (exact) mass is 268 g/mol. The summed E-state index contributed by atoms with van der Waals surface area (Å²) in [7, 11) is 0. The average Bonchev–Trinajstić information content (AvgIpc) is 2.47. The molecule has 3 rings (SSSR count). The van der Waals surface area contributed by atoms with Crippen LogP contribution in [0.3, 0.4) is 0 Å². The number of benzene rings is 2. The minimum absolute atomic E-state index is 0.0409. The molecule has 0 aromatic heterocycles. The Balaban J connectivity index is 1.90. The van der Waals surface area contributed by atoms with Crippen molar-refractivity contribution in [2.24, 2.45) is 0 Å². The Morgan fingerprint density at radius 2 is 1.80 bits per heavy atom. The number of ketones is 1. The van der Waals surface area contributed by atoms with Gasteiger partial charge in [-0.25, -0.2) is 4.79 Å². The van der Waals surface area contributed by atoms with E-state index in [0.717, 1.165) is 5.56 Å². The summed E-state index contributed by atoms with van der Waals surface area (Å²) in [5.74, 6) is -0.349. The fourth-order valence-corrected chi connectivity index (χ4v) is 2.30. The summed E-state index contributed by atoms with van der Waals surface area (Å²) < 4.78 is 5.82. The lowest BCUT2D eigenvalue weighted by atomic mass is 9.96. The third-order valence-corrected chi connectivity index (χ3v) is 3.36. The van der Waals surface area contributed by atoms with Crippen LogP contribution >= 0.6 is 0 Å². The molecule has 1 N–H and O–H groups in total. The molecule has 1 atom stereocenters. The van der Waals surface area contributed by atoms with Gasteiger partial charge in [-0.3, -0.25) is 4.79 Å². The molecule has 0 saturated heterocycles. The van der Waals surface area contributed by atoms with E-state index in [9.17, 15) is 9.59 Å². The Bertz CT molecular complexity index is 673. The zero-order valence-electron chi connectivity index (χ0n) is 10.6. The van der Waals surface area contributed by atoms with Crippen molar-refractivity contribution in [2.45, 2.75) is 12.5 Å². The molecule has 0 spiro atoms. The van der Waals surface area contributed by atoms with Gasteiger partial charge >= 0.3 is 5.97 Å². The molecule has 1 aliphatic rings. The van der Waals surface area contributed by atoms with E-state index in [0.29, 0.717) is 11.3 Å². The molecule has 0 bridgehead atoms. The molecule has 20 heavy (non-hydrogen) atoms. The van der Waals surface area contributed by atoms with Crippen LogP contribution in [-0.4, -0.2) is 16.9 Å². The zero-order valence-corrected chi connectivity index (χ0v) is 10.6. The number of rotatable bonds is 2. The first-order chi connectivity index (χ1) is 9.65. The number of carboxylic acids is 1. The van der Waals surface area contributed by atoms with Crippen LogP contribution in [0.1, 0.15) is 38.8 Å². The topological polar surface area (TPSA) is 63.6 Å². The number of carbonyl (C=O) groups is 2. The summed E-state index contributed by atoms with van der Waals surface area (Å²) in [6.07, 6.45) is -0.0936. The number of carbonyl (C=O) groups excluding carboxylic acids is 1. The molecule has 0 saturated carbocycles. The highest BCUT2D eigenvalue weighted by Crippen LogP contribution is 2.34. The highest BCUT2D eigenvalue weighted by atomic mass is 16.5. The van der Waals surface area contributed by atoms with Gasteiger partial charge in [-0.1, -0.05) is 24.3 Å². The molecule has 4 nitrogen and oxygen atoms in total. The Morgan fingerprint density at radius 3 is 2.50 bits per heavy atom. The van der Waals surface area contributed by atoms with Crippen molar-refractivity contribution in [1.29, 1.82) is 0 Å². The number of fused-ring (bicyclic) bond motifs is 1. The second-order valence-corrected chi connectivity index (χ2v) is 4.66. The van der Waals surface area contributed by atoms with Crippen molar-refractivity contribution in [3.05, 3.63) is 65.2 Å². The zero-order chi connectivity index (χ0) is 14.1. The van der Waals surface area contributed by atoms with Crippen LogP contribution in [0.25, 0.3) is 0 Å². The first-order valence-electron chi connectivity index (χ1n) is 6.27. The smallest absolute Gasteiger partial charge is 0.335 e. The average molecular weight is 268 g/mol. The third kappa shape index (κ3) is 2.16. The molecule has 1 aliphatic heterocycles. The van der Waals surface area contributed by atoms with E-state index in [4.69, 9.17) is 9.84 Å². The van der Waals surface area contributed by atoms with Crippen LogP contribution in [-0.2, 0) is 0 Å². The summed E-state index contributed by atoms with van der Waals surface area (Å²) in [5.41, 5.74) is 1.63. The van der Waals surface area contributed by atoms with Crippen molar-refractivity contribution in [2.75, 3.05) is 0 Å². The highest BCUT2D eigenvalue weighted by molar-refractivity contribution is 6.00. The second kappa shape index (κ2) is 4.81. The predicted octanol–water partition coefficient (Wildman–Crippen LogP) is 3.09. The van der Waals surface area contributed by atoms with Crippen LogP contribution in [0.5, 0.6) is 5.75 Å². The molecule has 1 heterocycles. The first-order valence-corrected chi connectivity index (χ1v) is 6.27. The molecule has 0 aliphatic carbocycles. The van der Waals surface area contributed by atoms with Crippen molar-refractivity contribution < 1.29 is 19.4 Å². The van der Waals surface area contributed by atoms with Gasteiger partial charge in [0.1, 0.15) is 11.9 Å². The van der Waals surface area contributed by atoms with Gasteiger partial charge in [-0.2, -0.15) is 0 Å². The number of ether oxygens (including phenoxy) is 1. The summed E-state index contributed by atoms with van der Waals surface area (Å²) in [6.45, 7) is 0. The Morgan fingerprint density at radius 1 is 1.10 bits per heavy atom. The molecule has 0 amide bonds. The maximum Gasteiger partial charge on any atom is 0.335 e. The maximum absolute atomic E-state index is 12.1. The fourth-order valence-electron chi connectivity index (χ4n) is 2.30. The normalized spacial score (nSPS) is 17.2. The van der Waals surface area contributed by atoms with Crippen molar-refractivity contribution in [1.82, 2.24) is 0 Å². The Labute approximate surface area is 115 Å². The maximum atomic E-state index is 12.1. The van der Waals surface area contributed by atoms with Crippen LogP contribution in [0, 0.1) is 0 Å². The van der Waals surface area contributed by atoms with Crippen LogP contribution < -0.4 is 4.74 Å². The standard InChI is InChI=1S/C16H12O4/c17-13-9-15(20-14-4-2-1-3-12(13)14)10-5-7-11(8-6-10)16(18)19/h1-8,15H,9H2,(H,18,19). The number of para-hydroxylation sites is 1. The minimum Gasteiger partial charge on any atom is -0.484 e. The van der Waals surface area contributed by atoms with Crippen molar-refractivity contribution in [3.63, 3.8) is 0 Å². The van der Waals surface area contributed by atoms with Crippen LogP contribution in [0.2, 0.25) is 0 Å². The van der Waals surface area contributed by atoms with Gasteiger partial charge in [0.2, 0.25) is 0 Å². The lowest BCUT2D eigenvalue weighted by Crippen LogP contribution is -2.20. The van der Waals surface area contributed by atoms with Gasteiger partial charge in [0.25, 0.3) is 0 Å². The van der Waals surface area contributed by atoms with Gasteiger partial charge in [0.15, 0.2) is 5.78 Å². The molecule has 4 heteroatoms. The summed E-state index contributed by atoms with van der Waals surface area (Å²) in [4.78, 5) is 22.9. The molecular formula is C16H12O4. The third-order valence-electron chi connectivity index (χ3n) is 3.36. The second-order valence-electron chi connectivity index (χ2n) is 4.66. The van der Waals surface area contributed by atoms with Crippen LogP contribution in [0.4, 0.5) is 0 Å². The lowest BCUT2D eigenvalue weighted by molar-refractivity contribution is 0.0695. The first kappa shape index (κ1) is 12.4. The molecule has 0 fully saturated rings. The number of aromatic carboxylic acids is 1. The van der Waals surface area contributed by atoms with Crippen LogP contribution in [0.15, 0.2) is 48.5 Å². The van der Waals surface area contributed by atoms with Gasteiger partial charge in [0, 0.05) is 0 Å². The molecule has 2 aromatic carbocycles. The number of hydrogen-bond acceptors (Lipinski definition) is 3. The summed E-state index contributed by atoms with van der Waals surface area (Å²) in [6, 6.07) is 13.6. The number of Topliss-reactive ketones (excluding diaryl/α,β-unsaturated/α-hetero) is 1. The quantitative estimate of drug-likeness (QED) is 0.909. The molecule has 1 unspecified atom stereocenters. The number of hydrogen-bond donors (Lipinski definition) is 1. The van der Waals surface area contributed by atoms with E-state index in [1.54, 1.807) is 24.3 Å². The van der Waals surface area contributed by atoms with E-state index in [-0.39, 0.29) is 23.9 Å². The Kier molecular flexibility index (Phi) is 2.99. The molecular weight excluding hydrogens is 256 g/mol. The van der Waals surface area contributed by atoms with Gasteiger partial charge < -0.3 is 9.84 Å². The lowest BCUT2D eigenvalue weighted by Gasteiger charge is -2.25. The fraction of sp³-hybridized carbons (Fsp3) is 0.125. The molecule has 2 aromatic rings. The van der Waals surface area contributed by atoms with E-state index < -0.39 is 5.97 Å². The SMILES string of the molecule is O=C(O)c1ccc(C2CC(=O)c3ccccc3O2)cc1. The summed E-state index contributed by atoms with van der Waals surface area (Å²) >= 11 is 0. The molecule has 100 valence electrons. The van der Waals surface area contributed by atoms with Gasteiger partial charge in [0.05, 0.1) is 17.5 Å². The number of carboxylic acid groups (broad SMARTS) is 1. The highest BCUT2D eigenvalue weighted by Gasteiger charge is 2.27. The summed E-state index contributed by atoms with van der Waals surface area (Å²) in [5, 5.41) is 8.87. The van der Waals surface area contributed by atoms with Crippen molar-refractivity contribution in [3.8, 4) is 5.75 Å². The largest absolute Gasteiger partial charge is 0.484 e. The Hall–Kier alpha value is -2.62. The van der Waals surface area contributed by atoms with Gasteiger partial charge in [-0.15, -0.1) is 0 Å². The predicted molar refractivity (Wildman–Crippen MR) is 72.2 cm³/mol. The van der Waals surface area contributed by atoms with E-state index in [1.807, 2.05) is 12.1 Å². The van der Waals surface area contributed by atoms with Gasteiger partial charge in [-0.05, 0) is 29.8 Å². The van der Waals surface area contributed by atoms with Crippen molar-refractivity contribution >= 4 is 11.8 Å². The van der Waals surface area contributed by atoms with E-state index >= 15 is 0 Å². The van der Waals surface area contributed by atoms with E-state index in [1.165, 1.54) is 12.1 Å².